The Kier molecular flexibility index (Phi) is 6.91. The van der Waals surface area contributed by atoms with E-state index < -0.39 is 33.1 Å². The van der Waals surface area contributed by atoms with Crippen molar-refractivity contribution in [3.8, 4) is 5.75 Å². The molecule has 1 aliphatic carbocycles. The number of carbonyl (C=O) groups excluding carboxylic acids is 1. The van der Waals surface area contributed by atoms with E-state index in [4.69, 9.17) is 9.47 Å². The van der Waals surface area contributed by atoms with E-state index in [-0.39, 0.29) is 43.0 Å². The number of morpholine rings is 1. The molecule has 11 heteroatoms. The van der Waals surface area contributed by atoms with Gasteiger partial charge >= 0.3 is 5.69 Å². The van der Waals surface area contributed by atoms with Crippen LogP contribution in [0.15, 0.2) is 47.4 Å². The third-order valence-corrected chi connectivity index (χ3v) is 7.69. The summed E-state index contributed by atoms with van der Waals surface area (Å²) in [5, 5.41) is 14.5. The number of ether oxygens (including phenoxy) is 2. The largest absolute Gasteiger partial charge is 0.477 e. The van der Waals surface area contributed by atoms with Crippen molar-refractivity contribution in [1.82, 2.24) is 9.62 Å². The van der Waals surface area contributed by atoms with Gasteiger partial charge in [0.15, 0.2) is 12.4 Å². The van der Waals surface area contributed by atoms with Gasteiger partial charge in [0, 0.05) is 19.2 Å². The number of nitro groups is 1. The Morgan fingerprint density at radius 2 is 1.97 bits per heavy atom. The highest BCUT2D eigenvalue weighted by Crippen LogP contribution is 2.32. The third-order valence-electron chi connectivity index (χ3n) is 5.80. The molecule has 0 bridgehead atoms. The summed E-state index contributed by atoms with van der Waals surface area (Å²) >= 11 is 0. The number of nitrogens with one attached hydrogen (secondary N) is 1. The van der Waals surface area contributed by atoms with E-state index in [9.17, 15) is 23.3 Å². The van der Waals surface area contributed by atoms with Gasteiger partial charge in [-0.15, -0.1) is 0 Å². The number of hydrogen-bond acceptors (Lipinski definition) is 7. The van der Waals surface area contributed by atoms with Crippen molar-refractivity contribution in [3.05, 3.63) is 63.7 Å². The molecular weight excluding hydrogens is 450 g/mol. The molecule has 0 unspecified atom stereocenters. The second-order valence-corrected chi connectivity index (χ2v) is 9.84. The summed E-state index contributed by atoms with van der Waals surface area (Å²) in [4.78, 5) is 23.1. The van der Waals surface area contributed by atoms with Crippen LogP contribution >= 0.6 is 0 Å². The van der Waals surface area contributed by atoms with Crippen LogP contribution in [0, 0.1) is 10.1 Å². The van der Waals surface area contributed by atoms with Crippen molar-refractivity contribution in [1.29, 1.82) is 0 Å². The lowest BCUT2D eigenvalue weighted by Crippen LogP contribution is -2.40. The fourth-order valence-electron chi connectivity index (χ4n) is 4.14. The summed E-state index contributed by atoms with van der Waals surface area (Å²) in [6.07, 6.45) is 2.72. The highest BCUT2D eigenvalue weighted by atomic mass is 32.2. The van der Waals surface area contributed by atoms with Gasteiger partial charge in [-0.2, -0.15) is 4.31 Å². The SMILES string of the molecule is O=C(COc1ccc(S(=O)(=O)N2CCOCC2)cc1[N+](=O)[O-])N[C@@H]1CCCc2ccccc21. The lowest BCUT2D eigenvalue weighted by molar-refractivity contribution is -0.386. The van der Waals surface area contributed by atoms with Crippen LogP contribution in [0.5, 0.6) is 5.75 Å². The van der Waals surface area contributed by atoms with Gasteiger partial charge in [0.25, 0.3) is 5.91 Å². The molecule has 0 aromatic heterocycles. The monoisotopic (exact) mass is 475 g/mol. The number of hydrogen-bond donors (Lipinski definition) is 1. The number of nitrogens with zero attached hydrogens (tertiary/aromatic N) is 2. The first-order chi connectivity index (χ1) is 15.9. The molecule has 2 aromatic carbocycles. The van der Waals surface area contributed by atoms with Gasteiger partial charge in [-0.1, -0.05) is 24.3 Å². The fourth-order valence-corrected chi connectivity index (χ4v) is 5.57. The van der Waals surface area contributed by atoms with Crippen molar-refractivity contribution in [2.75, 3.05) is 32.9 Å². The molecule has 0 saturated carbocycles. The quantitative estimate of drug-likeness (QED) is 0.480. The van der Waals surface area contributed by atoms with Crippen LogP contribution in [0.2, 0.25) is 0 Å². The van der Waals surface area contributed by atoms with Crippen molar-refractivity contribution in [3.63, 3.8) is 0 Å². The molecular formula is C22H25N3O7S. The lowest BCUT2D eigenvalue weighted by atomic mass is 9.88. The number of carbonyl (C=O) groups is 1. The first-order valence-electron chi connectivity index (χ1n) is 10.7. The summed E-state index contributed by atoms with van der Waals surface area (Å²) in [7, 11) is -3.90. The smallest absolute Gasteiger partial charge is 0.312 e. The minimum absolute atomic E-state index is 0.137. The summed E-state index contributed by atoms with van der Waals surface area (Å²) in [6, 6.07) is 11.2. The molecule has 1 aliphatic heterocycles. The molecule has 2 aromatic rings. The molecule has 1 heterocycles. The Morgan fingerprint density at radius 3 is 2.73 bits per heavy atom. The average molecular weight is 476 g/mol. The highest BCUT2D eigenvalue weighted by molar-refractivity contribution is 7.89. The number of benzene rings is 2. The maximum atomic E-state index is 12.8. The van der Waals surface area contributed by atoms with Crippen LogP contribution in [0.3, 0.4) is 0 Å². The van der Waals surface area contributed by atoms with Crippen LogP contribution in [-0.2, 0) is 26.0 Å². The van der Waals surface area contributed by atoms with E-state index in [1.54, 1.807) is 0 Å². The van der Waals surface area contributed by atoms with Crippen LogP contribution in [0.1, 0.15) is 30.0 Å². The van der Waals surface area contributed by atoms with Gasteiger partial charge in [0.2, 0.25) is 10.0 Å². The number of amides is 1. The summed E-state index contributed by atoms with van der Waals surface area (Å²) in [5.41, 5.74) is 1.75. The molecule has 2 aliphatic rings. The molecule has 1 amide bonds. The molecule has 1 atom stereocenters. The number of rotatable bonds is 7. The van der Waals surface area contributed by atoms with E-state index in [0.717, 1.165) is 30.9 Å². The van der Waals surface area contributed by atoms with Gasteiger partial charge < -0.3 is 14.8 Å². The first-order valence-corrected chi connectivity index (χ1v) is 12.2. The van der Waals surface area contributed by atoms with E-state index in [2.05, 4.69) is 5.32 Å². The van der Waals surface area contributed by atoms with Gasteiger partial charge in [0.05, 0.1) is 29.1 Å². The summed E-state index contributed by atoms with van der Waals surface area (Å²) in [5.74, 6) is -0.573. The second-order valence-electron chi connectivity index (χ2n) is 7.90. The minimum Gasteiger partial charge on any atom is -0.477 e. The molecule has 176 valence electrons. The van der Waals surface area contributed by atoms with E-state index in [1.165, 1.54) is 22.0 Å². The van der Waals surface area contributed by atoms with Crippen molar-refractivity contribution < 1.29 is 27.6 Å². The molecule has 10 nitrogen and oxygen atoms in total. The van der Waals surface area contributed by atoms with E-state index >= 15 is 0 Å². The van der Waals surface area contributed by atoms with Crippen molar-refractivity contribution in [2.24, 2.45) is 0 Å². The zero-order valence-electron chi connectivity index (χ0n) is 17.9. The molecule has 4 rings (SSSR count). The number of aryl methyl sites for hydroxylation is 1. The van der Waals surface area contributed by atoms with Crippen LogP contribution < -0.4 is 10.1 Å². The van der Waals surface area contributed by atoms with Gasteiger partial charge in [-0.05, 0) is 42.5 Å². The molecule has 0 radical (unpaired) electrons. The zero-order valence-corrected chi connectivity index (χ0v) is 18.8. The number of sulfonamides is 1. The van der Waals surface area contributed by atoms with Gasteiger partial charge in [-0.3, -0.25) is 14.9 Å². The van der Waals surface area contributed by atoms with Crippen LogP contribution in [0.4, 0.5) is 5.69 Å². The number of fused-ring (bicyclic) bond motifs is 1. The lowest BCUT2D eigenvalue weighted by Gasteiger charge is -2.26. The van der Waals surface area contributed by atoms with Gasteiger partial charge in [0.1, 0.15) is 0 Å². The van der Waals surface area contributed by atoms with Crippen molar-refractivity contribution >= 4 is 21.6 Å². The highest BCUT2D eigenvalue weighted by Gasteiger charge is 2.29. The Balaban J connectivity index is 1.45. The number of nitro benzene ring substituents is 1. The average Bonchev–Trinajstić information content (AvgIpc) is 2.83. The molecule has 1 fully saturated rings. The third kappa shape index (κ3) is 5.15. The van der Waals surface area contributed by atoms with E-state index in [1.807, 2.05) is 24.3 Å². The Morgan fingerprint density at radius 1 is 1.21 bits per heavy atom. The maximum Gasteiger partial charge on any atom is 0.312 e. The van der Waals surface area contributed by atoms with Crippen molar-refractivity contribution in [2.45, 2.75) is 30.2 Å². The molecule has 0 spiro atoms. The minimum atomic E-state index is -3.90. The normalized spacial score (nSPS) is 18.8. The van der Waals surface area contributed by atoms with Crippen LogP contribution in [-0.4, -0.2) is 56.5 Å². The zero-order chi connectivity index (χ0) is 23.4. The predicted molar refractivity (Wildman–Crippen MR) is 118 cm³/mol. The van der Waals surface area contributed by atoms with Gasteiger partial charge in [-0.25, -0.2) is 8.42 Å². The van der Waals surface area contributed by atoms with E-state index in [0.29, 0.717) is 0 Å². The molecule has 33 heavy (non-hydrogen) atoms. The predicted octanol–water partition coefficient (Wildman–Crippen LogP) is 2.19. The standard InChI is InChI=1S/C22H25N3O7S/c26-22(23-19-7-3-5-16-4-1-2-6-18(16)19)15-32-21-9-8-17(14-20(21)25(27)28)33(29,30)24-10-12-31-13-11-24/h1-2,4,6,8-9,14,19H,3,5,7,10-13,15H2,(H,23,26)/t19-/m1/s1. The molecule has 1 saturated heterocycles. The fraction of sp³-hybridized carbons (Fsp3) is 0.409. The first kappa shape index (κ1) is 23.1. The molecule has 1 N–H and O–H groups in total. The Labute approximate surface area is 191 Å². The summed E-state index contributed by atoms with van der Waals surface area (Å²) < 4.78 is 37.4. The second kappa shape index (κ2) is 9.86. The Bertz CT molecular complexity index is 1150. The maximum absolute atomic E-state index is 12.8. The summed E-state index contributed by atoms with van der Waals surface area (Å²) in [6.45, 7) is 0.471. The topological polar surface area (TPSA) is 128 Å². The van der Waals surface area contributed by atoms with Crippen LogP contribution in [0.25, 0.3) is 0 Å². The Hall–Kier alpha value is -3.02.